The molecule has 0 saturated carbocycles. The van der Waals surface area contributed by atoms with Gasteiger partial charge in [-0.1, -0.05) is 6.07 Å². The fourth-order valence-corrected chi connectivity index (χ4v) is 5.27. The fourth-order valence-electron chi connectivity index (χ4n) is 3.17. The largest absolute Gasteiger partial charge is 0.351 e. The van der Waals surface area contributed by atoms with Crippen LogP contribution in [-0.4, -0.2) is 36.4 Å². The molecule has 0 aliphatic carbocycles. The van der Waals surface area contributed by atoms with Gasteiger partial charge < -0.3 is 10.3 Å². The second-order valence-corrected chi connectivity index (χ2v) is 8.77. The molecule has 0 spiro atoms. The summed E-state index contributed by atoms with van der Waals surface area (Å²) in [7, 11) is -3.04. The molecule has 1 saturated heterocycles. The first-order chi connectivity index (χ1) is 10.2. The molecular formula is C16H20N2O3S. The number of fused-ring (bicyclic) bond motifs is 1. The first-order valence-corrected chi connectivity index (χ1v) is 9.13. The van der Waals surface area contributed by atoms with E-state index in [1.807, 2.05) is 26.0 Å². The summed E-state index contributed by atoms with van der Waals surface area (Å²) in [4.78, 5) is 15.6. The summed E-state index contributed by atoms with van der Waals surface area (Å²) in [6, 6.07) is 5.90. The number of aryl methyl sites for hydroxylation is 2. The second-order valence-electron chi connectivity index (χ2n) is 6.58. The van der Waals surface area contributed by atoms with Crippen LogP contribution in [0.3, 0.4) is 0 Å². The number of carbonyl (C=O) groups is 1. The van der Waals surface area contributed by atoms with Crippen molar-refractivity contribution in [2.75, 3.05) is 11.5 Å². The van der Waals surface area contributed by atoms with Gasteiger partial charge in [-0.3, -0.25) is 4.79 Å². The highest BCUT2D eigenvalue weighted by Gasteiger charge is 2.39. The van der Waals surface area contributed by atoms with Crippen molar-refractivity contribution >= 4 is 26.6 Å². The molecule has 2 heterocycles. The minimum absolute atomic E-state index is 0.00407. The molecule has 1 amide bonds. The van der Waals surface area contributed by atoms with Crippen LogP contribution in [0.15, 0.2) is 18.2 Å². The maximum Gasteiger partial charge on any atom is 0.268 e. The zero-order valence-electron chi connectivity index (χ0n) is 13.0. The normalized spacial score (nSPS) is 23.8. The number of aromatic amines is 1. The SMILES string of the molecule is Cc1cc(C)c2cc(C(=O)NC3(C)CCS(=O)(=O)C3)[nH]c2c1. The Kier molecular flexibility index (Phi) is 3.32. The Hall–Kier alpha value is -1.82. The number of benzene rings is 1. The van der Waals surface area contributed by atoms with Crippen LogP contribution in [0, 0.1) is 13.8 Å². The van der Waals surface area contributed by atoms with Crippen molar-refractivity contribution in [2.45, 2.75) is 32.7 Å². The van der Waals surface area contributed by atoms with E-state index in [9.17, 15) is 13.2 Å². The average Bonchev–Trinajstić information content (AvgIpc) is 2.90. The zero-order valence-corrected chi connectivity index (χ0v) is 13.8. The summed E-state index contributed by atoms with van der Waals surface area (Å²) < 4.78 is 23.3. The molecule has 2 N–H and O–H groups in total. The van der Waals surface area contributed by atoms with Crippen LogP contribution in [0.5, 0.6) is 0 Å². The van der Waals surface area contributed by atoms with Gasteiger partial charge in [0.05, 0.1) is 17.0 Å². The Balaban J connectivity index is 1.88. The highest BCUT2D eigenvalue weighted by atomic mass is 32.2. The van der Waals surface area contributed by atoms with Gasteiger partial charge in [-0.25, -0.2) is 8.42 Å². The predicted octanol–water partition coefficient (Wildman–Crippen LogP) is 2.09. The maximum absolute atomic E-state index is 12.4. The van der Waals surface area contributed by atoms with Gasteiger partial charge in [-0.2, -0.15) is 0 Å². The Morgan fingerprint density at radius 2 is 2.00 bits per heavy atom. The number of rotatable bonds is 2. The van der Waals surface area contributed by atoms with E-state index < -0.39 is 15.4 Å². The first kappa shape index (κ1) is 15.1. The molecule has 2 aromatic rings. The average molecular weight is 320 g/mol. The molecule has 0 radical (unpaired) electrons. The van der Waals surface area contributed by atoms with Crippen LogP contribution in [0.1, 0.15) is 35.0 Å². The van der Waals surface area contributed by atoms with Gasteiger partial charge in [0.15, 0.2) is 9.84 Å². The number of H-pyrrole nitrogens is 1. The molecule has 1 unspecified atom stereocenters. The third kappa shape index (κ3) is 2.75. The third-order valence-corrected chi connectivity index (χ3v) is 6.16. The lowest BCUT2D eigenvalue weighted by molar-refractivity contribution is 0.0911. The Bertz CT molecular complexity index is 867. The van der Waals surface area contributed by atoms with Gasteiger partial charge in [-0.05, 0) is 50.5 Å². The van der Waals surface area contributed by atoms with Crippen molar-refractivity contribution in [2.24, 2.45) is 0 Å². The van der Waals surface area contributed by atoms with Gasteiger partial charge in [-0.15, -0.1) is 0 Å². The third-order valence-electron chi connectivity index (χ3n) is 4.25. The summed E-state index contributed by atoms with van der Waals surface area (Å²) in [6.07, 6.45) is 0.458. The lowest BCUT2D eigenvalue weighted by Crippen LogP contribution is -2.47. The number of hydrogen-bond donors (Lipinski definition) is 2. The Morgan fingerprint density at radius 3 is 2.64 bits per heavy atom. The number of sulfone groups is 1. The molecule has 22 heavy (non-hydrogen) atoms. The Morgan fingerprint density at radius 1 is 1.27 bits per heavy atom. The van der Waals surface area contributed by atoms with Crippen molar-refractivity contribution < 1.29 is 13.2 Å². The molecule has 1 aromatic carbocycles. The standard InChI is InChI=1S/C16H20N2O3S/c1-10-6-11(2)12-8-14(17-13(12)7-10)15(19)18-16(3)4-5-22(20,21)9-16/h6-8,17H,4-5,9H2,1-3H3,(H,18,19). The molecule has 5 nitrogen and oxygen atoms in total. The summed E-state index contributed by atoms with van der Waals surface area (Å²) in [5.74, 6) is -0.119. The number of amides is 1. The number of hydrogen-bond acceptors (Lipinski definition) is 3. The number of nitrogens with one attached hydrogen (secondary N) is 2. The van der Waals surface area contributed by atoms with Gasteiger partial charge in [0.1, 0.15) is 5.69 Å². The van der Waals surface area contributed by atoms with Crippen LogP contribution < -0.4 is 5.32 Å². The van der Waals surface area contributed by atoms with Crippen molar-refractivity contribution in [1.82, 2.24) is 10.3 Å². The number of carbonyl (C=O) groups excluding carboxylic acids is 1. The van der Waals surface area contributed by atoms with Crippen molar-refractivity contribution in [3.05, 3.63) is 35.0 Å². The molecule has 118 valence electrons. The van der Waals surface area contributed by atoms with Gasteiger partial charge in [0.25, 0.3) is 5.91 Å². The highest BCUT2D eigenvalue weighted by molar-refractivity contribution is 7.91. The maximum atomic E-state index is 12.4. The van der Waals surface area contributed by atoms with Crippen molar-refractivity contribution in [3.8, 4) is 0 Å². The highest BCUT2D eigenvalue weighted by Crippen LogP contribution is 2.25. The van der Waals surface area contributed by atoms with Crippen molar-refractivity contribution in [1.29, 1.82) is 0 Å². The zero-order chi connectivity index (χ0) is 16.1. The molecule has 1 atom stereocenters. The van der Waals surface area contributed by atoms with Gasteiger partial charge in [0, 0.05) is 10.9 Å². The minimum atomic E-state index is -3.04. The monoisotopic (exact) mass is 320 g/mol. The van der Waals surface area contributed by atoms with Crippen LogP contribution in [-0.2, 0) is 9.84 Å². The molecule has 1 aromatic heterocycles. The van der Waals surface area contributed by atoms with Crippen LogP contribution >= 0.6 is 0 Å². The van der Waals surface area contributed by atoms with E-state index in [0.29, 0.717) is 12.1 Å². The summed E-state index contributed by atoms with van der Waals surface area (Å²) in [5, 5.41) is 3.89. The Labute approximate surface area is 130 Å². The molecule has 3 rings (SSSR count). The van der Waals surface area contributed by atoms with E-state index in [1.165, 1.54) is 0 Å². The molecule has 1 aliphatic rings. The fraction of sp³-hybridized carbons (Fsp3) is 0.438. The lowest BCUT2D eigenvalue weighted by atomic mass is 10.0. The van der Waals surface area contributed by atoms with Gasteiger partial charge in [0.2, 0.25) is 0 Å². The minimum Gasteiger partial charge on any atom is -0.351 e. The first-order valence-electron chi connectivity index (χ1n) is 7.30. The van der Waals surface area contributed by atoms with E-state index >= 15 is 0 Å². The summed E-state index contributed by atoms with van der Waals surface area (Å²) in [6.45, 7) is 5.81. The van der Waals surface area contributed by atoms with E-state index in [-0.39, 0.29) is 17.4 Å². The lowest BCUT2D eigenvalue weighted by Gasteiger charge is -2.23. The smallest absolute Gasteiger partial charge is 0.268 e. The van der Waals surface area contributed by atoms with E-state index in [2.05, 4.69) is 16.4 Å². The summed E-state index contributed by atoms with van der Waals surface area (Å²) in [5.41, 5.74) is 2.95. The topological polar surface area (TPSA) is 79.0 Å². The molecular weight excluding hydrogens is 300 g/mol. The van der Waals surface area contributed by atoms with Crippen LogP contribution in [0.25, 0.3) is 10.9 Å². The van der Waals surface area contributed by atoms with E-state index in [1.54, 1.807) is 6.92 Å². The van der Waals surface area contributed by atoms with Gasteiger partial charge >= 0.3 is 0 Å². The van der Waals surface area contributed by atoms with Crippen molar-refractivity contribution in [3.63, 3.8) is 0 Å². The van der Waals surface area contributed by atoms with E-state index in [4.69, 9.17) is 0 Å². The van der Waals surface area contributed by atoms with Crippen LogP contribution in [0.4, 0.5) is 0 Å². The molecule has 6 heteroatoms. The van der Waals surface area contributed by atoms with Crippen LogP contribution in [0.2, 0.25) is 0 Å². The van der Waals surface area contributed by atoms with E-state index in [0.717, 1.165) is 22.0 Å². The molecule has 1 aliphatic heterocycles. The molecule has 0 bridgehead atoms. The predicted molar refractivity (Wildman–Crippen MR) is 86.9 cm³/mol. The number of aromatic nitrogens is 1. The second kappa shape index (κ2) is 4.84. The summed E-state index contributed by atoms with van der Waals surface area (Å²) >= 11 is 0. The quantitative estimate of drug-likeness (QED) is 0.889. The molecule has 1 fully saturated rings.